The van der Waals surface area contributed by atoms with Crippen molar-refractivity contribution < 1.29 is 20.1 Å². The van der Waals surface area contributed by atoms with Gasteiger partial charge in [0.05, 0.1) is 6.61 Å². The van der Waals surface area contributed by atoms with Gasteiger partial charge in [0.15, 0.2) is 6.23 Å². The Kier molecular flexibility index (Phi) is 3.02. The van der Waals surface area contributed by atoms with E-state index < -0.39 is 24.5 Å². The molecule has 0 amide bonds. The van der Waals surface area contributed by atoms with Crippen LogP contribution >= 0.6 is 0 Å². The van der Waals surface area contributed by atoms with Crippen molar-refractivity contribution in [3.8, 4) is 0 Å². The van der Waals surface area contributed by atoms with Crippen LogP contribution in [0.1, 0.15) is 11.9 Å². The zero-order valence-corrected chi connectivity index (χ0v) is 10.5. The molecule has 1 aliphatic rings. The second kappa shape index (κ2) is 4.57. The first-order valence-electron chi connectivity index (χ1n) is 6.18. The van der Waals surface area contributed by atoms with Crippen molar-refractivity contribution in [1.82, 2.24) is 9.55 Å². The van der Waals surface area contributed by atoms with Crippen LogP contribution in [0.5, 0.6) is 0 Å². The molecule has 3 rings (SSSR count). The SMILES string of the molecule is Cc1ccc2ccn(C3O[C@H](CO)[C@@H](O)[C@H]3O)c2n1. The highest BCUT2D eigenvalue weighted by molar-refractivity contribution is 5.76. The lowest BCUT2D eigenvalue weighted by Crippen LogP contribution is -2.33. The predicted octanol–water partition coefficient (Wildman–Crippen LogP) is -0.0438. The van der Waals surface area contributed by atoms with Crippen LogP contribution in [0, 0.1) is 6.92 Å². The highest BCUT2D eigenvalue weighted by Gasteiger charge is 2.43. The average molecular weight is 264 g/mol. The number of aliphatic hydroxyl groups excluding tert-OH is 3. The zero-order chi connectivity index (χ0) is 13.6. The van der Waals surface area contributed by atoms with E-state index in [1.54, 1.807) is 10.8 Å². The smallest absolute Gasteiger partial charge is 0.164 e. The molecule has 0 spiro atoms. The van der Waals surface area contributed by atoms with Crippen LogP contribution in [0.4, 0.5) is 0 Å². The molecule has 3 N–H and O–H groups in total. The van der Waals surface area contributed by atoms with Gasteiger partial charge in [-0.3, -0.25) is 0 Å². The molecule has 2 aromatic heterocycles. The molecule has 3 heterocycles. The van der Waals surface area contributed by atoms with E-state index in [9.17, 15) is 10.2 Å². The third-order valence-electron chi connectivity index (χ3n) is 3.50. The van der Waals surface area contributed by atoms with Crippen molar-refractivity contribution in [1.29, 1.82) is 0 Å². The van der Waals surface area contributed by atoms with E-state index in [4.69, 9.17) is 9.84 Å². The molecule has 1 aliphatic heterocycles. The normalized spacial score (nSPS) is 31.2. The number of aromatic nitrogens is 2. The summed E-state index contributed by atoms with van der Waals surface area (Å²) >= 11 is 0. The summed E-state index contributed by atoms with van der Waals surface area (Å²) in [6.07, 6.45) is -1.94. The standard InChI is InChI=1S/C13H16N2O4/c1-7-2-3-8-4-5-15(12(8)14-7)13-11(18)10(17)9(6-16)19-13/h2-5,9-11,13,16-18H,6H2,1H3/t9-,10-,11-,13?/m1/s1. The summed E-state index contributed by atoms with van der Waals surface area (Å²) in [7, 11) is 0. The number of hydrogen-bond acceptors (Lipinski definition) is 5. The van der Waals surface area contributed by atoms with Crippen LogP contribution in [0.3, 0.4) is 0 Å². The van der Waals surface area contributed by atoms with Crippen LogP contribution < -0.4 is 0 Å². The van der Waals surface area contributed by atoms with Crippen molar-refractivity contribution in [2.45, 2.75) is 31.5 Å². The quantitative estimate of drug-likeness (QED) is 0.708. The first-order valence-corrected chi connectivity index (χ1v) is 6.18. The minimum absolute atomic E-state index is 0.333. The monoisotopic (exact) mass is 264 g/mol. The van der Waals surface area contributed by atoms with Gasteiger partial charge in [0.25, 0.3) is 0 Å². The Morgan fingerprint density at radius 1 is 1.26 bits per heavy atom. The number of rotatable bonds is 2. The van der Waals surface area contributed by atoms with Crippen molar-refractivity contribution in [2.24, 2.45) is 0 Å². The molecule has 0 saturated carbocycles. The number of hydrogen-bond donors (Lipinski definition) is 3. The molecule has 0 radical (unpaired) electrons. The third-order valence-corrected chi connectivity index (χ3v) is 3.50. The summed E-state index contributed by atoms with van der Waals surface area (Å²) in [5.41, 5.74) is 1.55. The molecule has 1 unspecified atom stereocenters. The van der Waals surface area contributed by atoms with E-state index in [0.717, 1.165) is 11.1 Å². The number of nitrogens with zero attached hydrogens (tertiary/aromatic N) is 2. The number of fused-ring (bicyclic) bond motifs is 1. The second-order valence-electron chi connectivity index (χ2n) is 4.82. The lowest BCUT2D eigenvalue weighted by Gasteiger charge is -2.17. The maximum Gasteiger partial charge on any atom is 0.164 e. The van der Waals surface area contributed by atoms with Crippen LogP contribution in [-0.4, -0.2) is 49.8 Å². The summed E-state index contributed by atoms with van der Waals surface area (Å²) in [5, 5.41) is 29.8. The lowest BCUT2D eigenvalue weighted by atomic mass is 10.1. The van der Waals surface area contributed by atoms with E-state index in [1.807, 2.05) is 25.1 Å². The van der Waals surface area contributed by atoms with Gasteiger partial charge in [-0.05, 0) is 25.1 Å². The Hall–Kier alpha value is -1.47. The molecule has 1 fully saturated rings. The third kappa shape index (κ3) is 1.93. The van der Waals surface area contributed by atoms with E-state index in [-0.39, 0.29) is 6.61 Å². The van der Waals surface area contributed by atoms with Gasteiger partial charge in [0, 0.05) is 17.3 Å². The molecule has 4 atom stereocenters. The Morgan fingerprint density at radius 3 is 2.74 bits per heavy atom. The zero-order valence-electron chi connectivity index (χ0n) is 10.5. The van der Waals surface area contributed by atoms with Crippen molar-refractivity contribution >= 4 is 11.0 Å². The van der Waals surface area contributed by atoms with Crippen LogP contribution in [0.2, 0.25) is 0 Å². The first-order chi connectivity index (χ1) is 9.11. The van der Waals surface area contributed by atoms with Crippen molar-refractivity contribution in [3.63, 3.8) is 0 Å². The minimum atomic E-state index is -1.10. The maximum absolute atomic E-state index is 10.0. The molecular weight excluding hydrogens is 248 g/mol. The van der Waals surface area contributed by atoms with Crippen molar-refractivity contribution in [2.75, 3.05) is 6.61 Å². The Balaban J connectivity index is 2.03. The highest BCUT2D eigenvalue weighted by Crippen LogP contribution is 2.31. The Morgan fingerprint density at radius 2 is 2.05 bits per heavy atom. The van der Waals surface area contributed by atoms with E-state index in [1.165, 1.54) is 0 Å². The fourth-order valence-corrected chi connectivity index (χ4v) is 2.44. The van der Waals surface area contributed by atoms with Gasteiger partial charge in [-0.15, -0.1) is 0 Å². The van der Waals surface area contributed by atoms with Crippen LogP contribution in [0.25, 0.3) is 11.0 Å². The highest BCUT2D eigenvalue weighted by atomic mass is 16.6. The minimum Gasteiger partial charge on any atom is -0.394 e. The van der Waals surface area contributed by atoms with Gasteiger partial charge in [-0.1, -0.05) is 0 Å². The molecule has 6 nitrogen and oxygen atoms in total. The largest absolute Gasteiger partial charge is 0.394 e. The number of ether oxygens (including phenoxy) is 1. The van der Waals surface area contributed by atoms with Crippen molar-refractivity contribution in [3.05, 3.63) is 30.1 Å². The number of aliphatic hydroxyl groups is 3. The molecular formula is C13H16N2O4. The summed E-state index contributed by atoms with van der Waals surface area (Å²) in [6, 6.07) is 5.72. The molecule has 1 saturated heterocycles. The topological polar surface area (TPSA) is 87.7 Å². The number of aryl methyl sites for hydroxylation is 1. The van der Waals surface area contributed by atoms with E-state index in [2.05, 4.69) is 4.98 Å². The van der Waals surface area contributed by atoms with Gasteiger partial charge >= 0.3 is 0 Å². The Labute approximate surface area is 109 Å². The van der Waals surface area contributed by atoms with Gasteiger partial charge in [-0.25, -0.2) is 4.98 Å². The van der Waals surface area contributed by atoms with Gasteiger partial charge in [0.1, 0.15) is 24.0 Å². The predicted molar refractivity (Wildman–Crippen MR) is 67.5 cm³/mol. The molecule has 19 heavy (non-hydrogen) atoms. The molecule has 0 aromatic carbocycles. The summed E-state index contributed by atoms with van der Waals surface area (Å²) in [5.74, 6) is 0. The van der Waals surface area contributed by atoms with Gasteiger partial charge in [-0.2, -0.15) is 0 Å². The Bertz CT molecular complexity index is 597. The summed E-state index contributed by atoms with van der Waals surface area (Å²) in [4.78, 5) is 4.42. The van der Waals surface area contributed by atoms with Crippen LogP contribution in [-0.2, 0) is 4.74 Å². The number of pyridine rings is 1. The van der Waals surface area contributed by atoms with E-state index in [0.29, 0.717) is 5.65 Å². The van der Waals surface area contributed by atoms with Crippen LogP contribution in [0.15, 0.2) is 24.4 Å². The summed E-state index contributed by atoms with van der Waals surface area (Å²) < 4.78 is 7.19. The fraction of sp³-hybridized carbons (Fsp3) is 0.462. The molecule has 0 aliphatic carbocycles. The van der Waals surface area contributed by atoms with Gasteiger partial charge in [0.2, 0.25) is 0 Å². The summed E-state index contributed by atoms with van der Waals surface area (Å²) in [6.45, 7) is 1.55. The van der Waals surface area contributed by atoms with Gasteiger partial charge < -0.3 is 24.6 Å². The maximum atomic E-state index is 10.0. The molecule has 0 bridgehead atoms. The second-order valence-corrected chi connectivity index (χ2v) is 4.82. The lowest BCUT2D eigenvalue weighted by molar-refractivity contribution is -0.0508. The first kappa shape index (κ1) is 12.6. The molecule has 6 heteroatoms. The molecule has 2 aromatic rings. The van der Waals surface area contributed by atoms with E-state index >= 15 is 0 Å². The average Bonchev–Trinajstić information content (AvgIpc) is 2.92. The molecule has 102 valence electrons. The fourth-order valence-electron chi connectivity index (χ4n) is 2.44.